The Morgan fingerprint density at radius 2 is 1.83 bits per heavy atom. The lowest BCUT2D eigenvalue weighted by Crippen LogP contribution is -2.40. The summed E-state index contributed by atoms with van der Waals surface area (Å²) in [4.78, 5) is 0. The number of aryl methyl sites for hydroxylation is 2. The van der Waals surface area contributed by atoms with E-state index in [2.05, 4.69) is 64.2 Å². The standard InChI is InChI=1S/C17H29N/c1-6-18-16(17(3,4)5)13-9-12-15-11-8-7-10-14(15)2/h7-8,10-11,16,18H,6,9,12-13H2,1-5H3. The summed E-state index contributed by atoms with van der Waals surface area (Å²) < 4.78 is 0. The predicted octanol–water partition coefficient (Wildman–Crippen LogP) is 4.34. The largest absolute Gasteiger partial charge is 0.314 e. The molecule has 0 aromatic heterocycles. The van der Waals surface area contributed by atoms with E-state index in [0.717, 1.165) is 6.54 Å². The second-order valence-electron chi connectivity index (χ2n) is 6.30. The maximum atomic E-state index is 3.62. The summed E-state index contributed by atoms with van der Waals surface area (Å²) in [6.45, 7) is 12.4. The van der Waals surface area contributed by atoms with Crippen LogP contribution in [0.2, 0.25) is 0 Å². The summed E-state index contributed by atoms with van der Waals surface area (Å²) >= 11 is 0. The fourth-order valence-electron chi connectivity index (χ4n) is 2.47. The molecule has 0 amide bonds. The molecule has 0 saturated carbocycles. The van der Waals surface area contributed by atoms with Crippen LogP contribution in [-0.4, -0.2) is 12.6 Å². The average Bonchev–Trinajstić information content (AvgIpc) is 2.29. The number of nitrogens with one attached hydrogen (secondary N) is 1. The van der Waals surface area contributed by atoms with E-state index >= 15 is 0 Å². The van der Waals surface area contributed by atoms with Gasteiger partial charge in [0, 0.05) is 6.04 Å². The van der Waals surface area contributed by atoms with E-state index < -0.39 is 0 Å². The first-order valence-corrected chi connectivity index (χ1v) is 7.23. The summed E-state index contributed by atoms with van der Waals surface area (Å²) in [6, 6.07) is 9.35. The monoisotopic (exact) mass is 247 g/mol. The van der Waals surface area contributed by atoms with Crippen LogP contribution in [0.15, 0.2) is 24.3 Å². The van der Waals surface area contributed by atoms with Gasteiger partial charge in [-0.1, -0.05) is 52.0 Å². The molecular formula is C17H29N. The molecule has 0 bridgehead atoms. The average molecular weight is 247 g/mol. The van der Waals surface area contributed by atoms with Crippen LogP contribution in [0.3, 0.4) is 0 Å². The molecule has 1 atom stereocenters. The molecule has 18 heavy (non-hydrogen) atoms. The van der Waals surface area contributed by atoms with E-state index in [4.69, 9.17) is 0 Å². The highest BCUT2D eigenvalue weighted by Gasteiger charge is 2.22. The highest BCUT2D eigenvalue weighted by atomic mass is 14.9. The first-order chi connectivity index (χ1) is 8.45. The molecule has 1 N–H and O–H groups in total. The molecule has 0 spiro atoms. The first kappa shape index (κ1) is 15.2. The Morgan fingerprint density at radius 1 is 1.17 bits per heavy atom. The van der Waals surface area contributed by atoms with Gasteiger partial charge in [-0.15, -0.1) is 0 Å². The van der Waals surface area contributed by atoms with E-state index in [1.54, 1.807) is 0 Å². The zero-order valence-corrected chi connectivity index (χ0v) is 12.7. The minimum atomic E-state index is 0.349. The highest BCUT2D eigenvalue weighted by molar-refractivity contribution is 5.25. The molecule has 0 radical (unpaired) electrons. The van der Waals surface area contributed by atoms with Crippen LogP contribution in [0.1, 0.15) is 51.7 Å². The van der Waals surface area contributed by atoms with Crippen LogP contribution in [0.5, 0.6) is 0 Å². The van der Waals surface area contributed by atoms with Gasteiger partial charge in [-0.2, -0.15) is 0 Å². The van der Waals surface area contributed by atoms with E-state index in [9.17, 15) is 0 Å². The molecule has 0 aliphatic carbocycles. The van der Waals surface area contributed by atoms with Crippen molar-refractivity contribution in [2.24, 2.45) is 5.41 Å². The Bertz CT molecular complexity index is 349. The van der Waals surface area contributed by atoms with Gasteiger partial charge in [0.25, 0.3) is 0 Å². The third-order valence-corrected chi connectivity index (χ3v) is 3.70. The van der Waals surface area contributed by atoms with Crippen molar-refractivity contribution >= 4 is 0 Å². The molecule has 1 aromatic rings. The summed E-state index contributed by atoms with van der Waals surface area (Å²) in [5, 5.41) is 3.62. The molecule has 1 aromatic carbocycles. The smallest absolute Gasteiger partial charge is 0.0116 e. The van der Waals surface area contributed by atoms with Crippen molar-refractivity contribution in [3.05, 3.63) is 35.4 Å². The van der Waals surface area contributed by atoms with Crippen molar-refractivity contribution in [1.82, 2.24) is 5.32 Å². The van der Waals surface area contributed by atoms with Crippen LogP contribution in [0.4, 0.5) is 0 Å². The molecule has 0 aliphatic heterocycles. The first-order valence-electron chi connectivity index (χ1n) is 7.23. The van der Waals surface area contributed by atoms with Gasteiger partial charge in [0.05, 0.1) is 0 Å². The van der Waals surface area contributed by atoms with Gasteiger partial charge in [0.2, 0.25) is 0 Å². The molecule has 1 rings (SSSR count). The normalized spacial score (nSPS) is 13.6. The van der Waals surface area contributed by atoms with Gasteiger partial charge in [-0.3, -0.25) is 0 Å². The summed E-state index contributed by atoms with van der Waals surface area (Å²) in [5.41, 5.74) is 3.27. The van der Waals surface area contributed by atoms with Gasteiger partial charge in [0.15, 0.2) is 0 Å². The van der Waals surface area contributed by atoms with Crippen LogP contribution in [0.25, 0.3) is 0 Å². The Balaban J connectivity index is 2.47. The van der Waals surface area contributed by atoms with Gasteiger partial charge in [-0.25, -0.2) is 0 Å². The molecule has 0 heterocycles. The second-order valence-corrected chi connectivity index (χ2v) is 6.30. The number of hydrogen-bond donors (Lipinski definition) is 1. The van der Waals surface area contributed by atoms with Crippen LogP contribution in [0, 0.1) is 12.3 Å². The van der Waals surface area contributed by atoms with Crippen molar-refractivity contribution < 1.29 is 0 Å². The van der Waals surface area contributed by atoms with Gasteiger partial charge < -0.3 is 5.32 Å². The Labute approximate surface area is 113 Å². The van der Waals surface area contributed by atoms with Crippen molar-refractivity contribution in [1.29, 1.82) is 0 Å². The SMILES string of the molecule is CCNC(CCCc1ccccc1C)C(C)(C)C. The maximum Gasteiger partial charge on any atom is 0.0116 e. The van der Waals surface area contributed by atoms with Gasteiger partial charge in [-0.05, 0) is 49.3 Å². The van der Waals surface area contributed by atoms with E-state index in [1.165, 1.54) is 30.4 Å². The lowest BCUT2D eigenvalue weighted by Gasteiger charge is -2.31. The summed E-state index contributed by atoms with van der Waals surface area (Å²) in [7, 11) is 0. The molecule has 1 unspecified atom stereocenters. The quantitative estimate of drug-likeness (QED) is 0.788. The zero-order valence-electron chi connectivity index (χ0n) is 12.7. The second kappa shape index (κ2) is 6.94. The zero-order chi connectivity index (χ0) is 13.6. The van der Waals surface area contributed by atoms with Crippen molar-refractivity contribution in [2.45, 2.75) is 59.9 Å². The Kier molecular flexibility index (Phi) is 5.87. The molecule has 1 heteroatoms. The topological polar surface area (TPSA) is 12.0 Å². The van der Waals surface area contributed by atoms with E-state index in [-0.39, 0.29) is 0 Å². The third-order valence-electron chi connectivity index (χ3n) is 3.70. The van der Waals surface area contributed by atoms with Gasteiger partial charge in [0.1, 0.15) is 0 Å². The van der Waals surface area contributed by atoms with E-state index in [0.29, 0.717) is 11.5 Å². The molecule has 0 aliphatic rings. The van der Waals surface area contributed by atoms with Crippen LogP contribution in [-0.2, 0) is 6.42 Å². The van der Waals surface area contributed by atoms with Crippen molar-refractivity contribution in [2.75, 3.05) is 6.54 Å². The fourth-order valence-corrected chi connectivity index (χ4v) is 2.47. The highest BCUT2D eigenvalue weighted by Crippen LogP contribution is 2.23. The molecule has 102 valence electrons. The number of rotatable bonds is 6. The van der Waals surface area contributed by atoms with Crippen LogP contribution >= 0.6 is 0 Å². The fraction of sp³-hybridized carbons (Fsp3) is 0.647. The number of hydrogen-bond acceptors (Lipinski definition) is 1. The Hall–Kier alpha value is -0.820. The third kappa shape index (κ3) is 4.81. The molecule has 0 saturated heterocycles. The number of benzene rings is 1. The van der Waals surface area contributed by atoms with Crippen LogP contribution < -0.4 is 5.32 Å². The van der Waals surface area contributed by atoms with Crippen molar-refractivity contribution in [3.8, 4) is 0 Å². The summed E-state index contributed by atoms with van der Waals surface area (Å²) in [6.07, 6.45) is 3.72. The Morgan fingerprint density at radius 3 is 2.39 bits per heavy atom. The molecule has 0 fully saturated rings. The van der Waals surface area contributed by atoms with Crippen molar-refractivity contribution in [3.63, 3.8) is 0 Å². The molecular weight excluding hydrogens is 218 g/mol. The lowest BCUT2D eigenvalue weighted by atomic mass is 9.83. The lowest BCUT2D eigenvalue weighted by molar-refractivity contribution is 0.254. The maximum absolute atomic E-state index is 3.62. The molecule has 1 nitrogen and oxygen atoms in total. The minimum Gasteiger partial charge on any atom is -0.314 e. The van der Waals surface area contributed by atoms with Gasteiger partial charge >= 0.3 is 0 Å². The van der Waals surface area contributed by atoms with E-state index in [1.807, 2.05) is 0 Å². The summed E-state index contributed by atoms with van der Waals surface area (Å²) in [5.74, 6) is 0. The minimum absolute atomic E-state index is 0.349. The predicted molar refractivity (Wildman–Crippen MR) is 81.0 cm³/mol.